The van der Waals surface area contributed by atoms with E-state index >= 15 is 0 Å². The van der Waals surface area contributed by atoms with Crippen LogP contribution in [0.5, 0.6) is 5.75 Å². The molecule has 4 bridgehead atoms. The molecule has 31 heavy (non-hydrogen) atoms. The Kier molecular flexibility index (Phi) is 5.46. The number of ether oxygens (including phenoxy) is 1. The number of carbonyl (C=O) groups is 2. The molecule has 0 spiro atoms. The molecule has 4 aliphatic rings. The summed E-state index contributed by atoms with van der Waals surface area (Å²) in [5, 5.41) is 22.3. The fourth-order valence-corrected chi connectivity index (χ4v) is 7.98. The molecule has 0 radical (unpaired) electrons. The number of carboxylic acids is 2. The van der Waals surface area contributed by atoms with Crippen molar-refractivity contribution in [2.45, 2.75) is 38.1 Å². The molecule has 1 aromatic carbocycles. The van der Waals surface area contributed by atoms with E-state index < -0.39 is 18.5 Å². The van der Waals surface area contributed by atoms with Crippen LogP contribution in [0.1, 0.15) is 41.8 Å². The van der Waals surface area contributed by atoms with E-state index in [4.69, 9.17) is 9.84 Å². The van der Waals surface area contributed by atoms with E-state index in [-0.39, 0.29) is 10.6 Å². The predicted octanol–water partition coefficient (Wildman–Crippen LogP) is 5.58. The molecule has 0 unspecified atom stereocenters. The average Bonchev–Trinajstić information content (AvgIpc) is 3.05. The Labute approximate surface area is 192 Å². The minimum atomic E-state index is -1.15. The van der Waals surface area contributed by atoms with Gasteiger partial charge in [-0.2, -0.15) is 0 Å². The molecule has 1 heterocycles. The number of nitrogens with one attached hydrogen (secondary N) is 1. The summed E-state index contributed by atoms with van der Waals surface area (Å²) >= 11 is 4.52. The zero-order valence-electron chi connectivity index (χ0n) is 16.8. The van der Waals surface area contributed by atoms with Gasteiger partial charge in [0.1, 0.15) is 0 Å². The fraction of sp³-hybridized carbons (Fsp3) is 0.478. The molecular weight excluding hydrogens is 482 g/mol. The van der Waals surface area contributed by atoms with Crippen molar-refractivity contribution in [2.75, 3.05) is 11.9 Å². The van der Waals surface area contributed by atoms with E-state index in [0.717, 1.165) is 46.3 Å². The second-order valence-corrected chi connectivity index (χ2v) is 10.9. The van der Waals surface area contributed by atoms with Crippen molar-refractivity contribution in [3.63, 3.8) is 0 Å². The van der Waals surface area contributed by atoms with Crippen LogP contribution in [0.3, 0.4) is 0 Å². The maximum Gasteiger partial charge on any atom is 0.349 e. The van der Waals surface area contributed by atoms with Crippen LogP contribution in [-0.2, 0) is 4.79 Å². The van der Waals surface area contributed by atoms with Crippen molar-refractivity contribution in [3.8, 4) is 16.2 Å². The van der Waals surface area contributed by atoms with E-state index in [1.165, 1.54) is 32.1 Å². The van der Waals surface area contributed by atoms with Crippen molar-refractivity contribution < 1.29 is 24.5 Å². The molecule has 6 nitrogen and oxygen atoms in total. The first kappa shape index (κ1) is 20.8. The molecule has 2 aromatic rings. The first-order valence-corrected chi connectivity index (χ1v) is 12.3. The Morgan fingerprint density at radius 2 is 1.77 bits per heavy atom. The van der Waals surface area contributed by atoms with Gasteiger partial charge >= 0.3 is 11.9 Å². The maximum absolute atomic E-state index is 11.7. The van der Waals surface area contributed by atoms with E-state index in [9.17, 15) is 14.7 Å². The Morgan fingerprint density at radius 3 is 2.39 bits per heavy atom. The van der Waals surface area contributed by atoms with Gasteiger partial charge in [-0.1, -0.05) is 12.1 Å². The monoisotopic (exact) mass is 505 g/mol. The minimum Gasteiger partial charge on any atom is -0.479 e. The number of anilines is 1. The van der Waals surface area contributed by atoms with Crippen LogP contribution in [-0.4, -0.2) is 34.8 Å². The highest BCUT2D eigenvalue weighted by Gasteiger charge is 2.48. The Balaban J connectivity index is 1.41. The van der Waals surface area contributed by atoms with Crippen LogP contribution >= 0.6 is 27.3 Å². The van der Waals surface area contributed by atoms with Crippen LogP contribution in [0, 0.1) is 23.7 Å². The highest BCUT2D eigenvalue weighted by Crippen LogP contribution is 2.54. The molecule has 1 aromatic heterocycles. The fourth-order valence-electron chi connectivity index (χ4n) is 6.09. The smallest absolute Gasteiger partial charge is 0.349 e. The Bertz CT molecular complexity index is 1010. The van der Waals surface area contributed by atoms with Crippen molar-refractivity contribution in [1.29, 1.82) is 0 Å². The minimum absolute atomic E-state index is 0.0116. The van der Waals surface area contributed by atoms with Crippen LogP contribution in [0.25, 0.3) is 10.4 Å². The topological polar surface area (TPSA) is 95.9 Å². The van der Waals surface area contributed by atoms with Gasteiger partial charge in [-0.15, -0.1) is 11.3 Å². The summed E-state index contributed by atoms with van der Waals surface area (Å²) in [4.78, 5) is 23.3. The van der Waals surface area contributed by atoms with Gasteiger partial charge in [0.2, 0.25) is 0 Å². The van der Waals surface area contributed by atoms with Gasteiger partial charge in [-0.25, -0.2) is 9.59 Å². The van der Waals surface area contributed by atoms with Gasteiger partial charge in [-0.3, -0.25) is 0 Å². The lowest BCUT2D eigenvalue weighted by Crippen LogP contribution is -2.51. The lowest BCUT2D eigenvalue weighted by Gasteiger charge is -2.54. The lowest BCUT2D eigenvalue weighted by molar-refractivity contribution is -0.139. The standard InChI is InChI=1S/C23H24BrNO5S/c24-18-20(30-10-17(26)27)22(23(28)29)31-21(18)13-2-1-3-16(9-13)25-19-14-5-11-4-12(7-14)8-15(19)6-11/h1-3,9,11-12,14-15,19,25H,4-8,10H2,(H,26,27)(H,28,29). The highest BCUT2D eigenvalue weighted by atomic mass is 79.9. The molecule has 6 rings (SSSR count). The van der Waals surface area contributed by atoms with Crippen LogP contribution < -0.4 is 10.1 Å². The molecule has 164 valence electrons. The zero-order valence-corrected chi connectivity index (χ0v) is 19.2. The summed E-state index contributed by atoms with van der Waals surface area (Å²) in [5.74, 6) is 1.12. The van der Waals surface area contributed by atoms with Gasteiger partial charge in [0.15, 0.2) is 17.2 Å². The Morgan fingerprint density at radius 1 is 1.10 bits per heavy atom. The molecule has 8 heteroatoms. The summed E-state index contributed by atoms with van der Waals surface area (Å²) in [7, 11) is 0. The second kappa shape index (κ2) is 8.13. The Hall–Kier alpha value is -2.06. The largest absolute Gasteiger partial charge is 0.479 e. The number of halogens is 1. The third-order valence-corrected chi connectivity index (χ3v) is 9.26. The number of aromatic carboxylic acids is 1. The first-order valence-electron chi connectivity index (χ1n) is 10.7. The lowest BCUT2D eigenvalue weighted by atomic mass is 9.54. The van der Waals surface area contributed by atoms with Gasteiger partial charge in [0, 0.05) is 11.7 Å². The van der Waals surface area contributed by atoms with Gasteiger partial charge < -0.3 is 20.3 Å². The van der Waals surface area contributed by atoms with E-state index in [2.05, 4.69) is 27.3 Å². The van der Waals surface area contributed by atoms with Crippen LogP contribution in [0.2, 0.25) is 0 Å². The summed E-state index contributed by atoms with van der Waals surface area (Å²) < 4.78 is 5.75. The number of benzene rings is 1. The van der Waals surface area contributed by atoms with Crippen LogP contribution in [0.4, 0.5) is 5.69 Å². The third-order valence-electron chi connectivity index (χ3n) is 7.03. The van der Waals surface area contributed by atoms with Gasteiger partial charge in [-0.05, 0) is 89.4 Å². The molecule has 0 saturated heterocycles. The number of hydrogen-bond acceptors (Lipinski definition) is 5. The maximum atomic E-state index is 11.7. The molecule has 0 aliphatic heterocycles. The average molecular weight is 506 g/mol. The third kappa shape index (κ3) is 3.96. The number of hydrogen-bond donors (Lipinski definition) is 3. The van der Waals surface area contributed by atoms with E-state index in [1.54, 1.807) is 0 Å². The van der Waals surface area contributed by atoms with Crippen molar-refractivity contribution in [3.05, 3.63) is 33.6 Å². The molecule has 4 fully saturated rings. The van der Waals surface area contributed by atoms with Crippen LogP contribution in [0.15, 0.2) is 28.7 Å². The highest BCUT2D eigenvalue weighted by molar-refractivity contribution is 9.10. The number of rotatable bonds is 7. The first-order chi connectivity index (χ1) is 14.9. The molecule has 3 N–H and O–H groups in total. The zero-order chi connectivity index (χ0) is 21.7. The van der Waals surface area contributed by atoms with Crippen molar-refractivity contribution in [1.82, 2.24) is 0 Å². The van der Waals surface area contributed by atoms with Crippen molar-refractivity contribution in [2.24, 2.45) is 23.7 Å². The SMILES string of the molecule is O=C(O)COc1c(C(=O)O)sc(-c2cccc(NC3C4CC5CC(C4)CC3C5)c2)c1Br. The summed E-state index contributed by atoms with van der Waals surface area (Å²) in [6.45, 7) is -0.594. The molecule has 0 atom stereocenters. The molecular formula is C23H24BrNO5S. The number of thiophene rings is 1. The summed E-state index contributed by atoms with van der Waals surface area (Å²) in [5.41, 5.74) is 1.92. The molecule has 4 saturated carbocycles. The number of carboxylic acid groups (broad SMARTS) is 2. The molecule has 0 amide bonds. The van der Waals surface area contributed by atoms with Gasteiger partial charge in [0.05, 0.1) is 9.35 Å². The molecule has 4 aliphatic carbocycles. The van der Waals surface area contributed by atoms with E-state index in [0.29, 0.717) is 15.4 Å². The second-order valence-electron chi connectivity index (χ2n) is 9.07. The summed E-state index contributed by atoms with van der Waals surface area (Å²) in [6, 6.07) is 8.53. The predicted molar refractivity (Wildman–Crippen MR) is 122 cm³/mol. The normalized spacial score (nSPS) is 28.5. The number of aliphatic carboxylic acids is 1. The van der Waals surface area contributed by atoms with E-state index in [1.807, 2.05) is 18.2 Å². The summed E-state index contributed by atoms with van der Waals surface area (Å²) in [6.07, 6.45) is 6.79. The van der Waals surface area contributed by atoms with Gasteiger partial charge in [0.25, 0.3) is 0 Å². The van der Waals surface area contributed by atoms with Crippen molar-refractivity contribution >= 4 is 44.9 Å². The quantitative estimate of drug-likeness (QED) is 0.454.